The predicted octanol–water partition coefficient (Wildman–Crippen LogP) is 3.17. The van der Waals surface area contributed by atoms with Crippen molar-refractivity contribution in [3.8, 4) is 0 Å². The fourth-order valence-corrected chi connectivity index (χ4v) is 1.67. The van der Waals surface area contributed by atoms with Crippen molar-refractivity contribution in [1.82, 2.24) is 10.1 Å². The Morgan fingerprint density at radius 3 is 2.35 bits per heavy atom. The molecule has 0 aromatic carbocycles. The molecule has 0 atom stereocenters. The van der Waals surface area contributed by atoms with Crippen LogP contribution in [0.4, 0.5) is 0 Å². The molecule has 0 saturated carbocycles. The van der Waals surface area contributed by atoms with Gasteiger partial charge < -0.3 is 10.3 Å². The predicted molar refractivity (Wildman–Crippen MR) is 68.6 cm³/mol. The number of aromatic nitrogens is 2. The molecular formula is C13H25N3O. The number of rotatable bonds is 8. The van der Waals surface area contributed by atoms with Gasteiger partial charge in [0.15, 0.2) is 5.82 Å². The summed E-state index contributed by atoms with van der Waals surface area (Å²) in [5, 5.41) is 3.90. The Hall–Kier alpha value is -0.900. The van der Waals surface area contributed by atoms with Gasteiger partial charge in [0.2, 0.25) is 5.89 Å². The highest BCUT2D eigenvalue weighted by molar-refractivity contribution is 4.98. The van der Waals surface area contributed by atoms with Crippen molar-refractivity contribution in [3.63, 3.8) is 0 Å². The van der Waals surface area contributed by atoms with Gasteiger partial charge in [-0.1, -0.05) is 44.2 Å². The van der Waals surface area contributed by atoms with E-state index in [9.17, 15) is 0 Å². The monoisotopic (exact) mass is 239 g/mol. The van der Waals surface area contributed by atoms with Crippen molar-refractivity contribution in [3.05, 3.63) is 11.7 Å². The van der Waals surface area contributed by atoms with Gasteiger partial charge in [-0.25, -0.2) is 0 Å². The van der Waals surface area contributed by atoms with E-state index >= 15 is 0 Å². The van der Waals surface area contributed by atoms with Gasteiger partial charge in [0.05, 0.1) is 5.54 Å². The van der Waals surface area contributed by atoms with Gasteiger partial charge in [-0.15, -0.1) is 0 Å². The number of aryl methyl sites for hydroxylation is 1. The molecule has 1 aromatic rings. The zero-order valence-electron chi connectivity index (χ0n) is 11.3. The number of hydrogen-bond donors (Lipinski definition) is 1. The quantitative estimate of drug-likeness (QED) is 0.708. The van der Waals surface area contributed by atoms with E-state index in [-0.39, 0.29) is 0 Å². The summed E-state index contributed by atoms with van der Waals surface area (Å²) in [6, 6.07) is 0. The van der Waals surface area contributed by atoms with Crippen molar-refractivity contribution in [2.75, 3.05) is 0 Å². The summed E-state index contributed by atoms with van der Waals surface area (Å²) in [4.78, 5) is 4.31. The summed E-state index contributed by atoms with van der Waals surface area (Å²) < 4.78 is 5.18. The van der Waals surface area contributed by atoms with Gasteiger partial charge in [-0.3, -0.25) is 0 Å². The van der Waals surface area contributed by atoms with Crippen LogP contribution in [-0.4, -0.2) is 10.1 Å². The van der Waals surface area contributed by atoms with E-state index in [1.165, 1.54) is 32.1 Å². The molecule has 0 bridgehead atoms. The molecule has 4 nitrogen and oxygen atoms in total. The van der Waals surface area contributed by atoms with Gasteiger partial charge in [0, 0.05) is 6.42 Å². The van der Waals surface area contributed by atoms with Crippen LogP contribution in [0.15, 0.2) is 4.52 Å². The van der Waals surface area contributed by atoms with Crippen LogP contribution in [-0.2, 0) is 12.0 Å². The first kappa shape index (κ1) is 14.2. The third kappa shape index (κ3) is 5.31. The molecule has 2 N–H and O–H groups in total. The molecule has 0 aliphatic heterocycles. The molecule has 0 spiro atoms. The molecule has 1 heterocycles. The molecule has 98 valence electrons. The van der Waals surface area contributed by atoms with Crippen molar-refractivity contribution in [1.29, 1.82) is 0 Å². The molecule has 0 fully saturated rings. The van der Waals surface area contributed by atoms with Gasteiger partial charge in [-0.05, 0) is 20.3 Å². The molecule has 4 heteroatoms. The van der Waals surface area contributed by atoms with Crippen molar-refractivity contribution in [2.45, 2.75) is 71.3 Å². The lowest BCUT2D eigenvalue weighted by Crippen LogP contribution is -2.30. The smallest absolute Gasteiger partial charge is 0.226 e. The van der Waals surface area contributed by atoms with Crippen LogP contribution in [0.2, 0.25) is 0 Å². The molecule has 17 heavy (non-hydrogen) atoms. The molecule has 1 aromatic heterocycles. The van der Waals surface area contributed by atoms with Crippen LogP contribution in [0.3, 0.4) is 0 Å². The third-order valence-electron chi connectivity index (χ3n) is 2.79. The summed E-state index contributed by atoms with van der Waals surface area (Å²) >= 11 is 0. The SMILES string of the molecule is CCCCCCCCc1nc(C(C)(C)N)no1. The van der Waals surface area contributed by atoms with E-state index in [1.807, 2.05) is 13.8 Å². The highest BCUT2D eigenvalue weighted by atomic mass is 16.5. The molecule has 0 unspecified atom stereocenters. The van der Waals surface area contributed by atoms with Gasteiger partial charge >= 0.3 is 0 Å². The van der Waals surface area contributed by atoms with Crippen LogP contribution >= 0.6 is 0 Å². The van der Waals surface area contributed by atoms with E-state index in [0.29, 0.717) is 11.7 Å². The Morgan fingerprint density at radius 1 is 1.12 bits per heavy atom. The van der Waals surface area contributed by atoms with Crippen molar-refractivity contribution in [2.24, 2.45) is 5.73 Å². The third-order valence-corrected chi connectivity index (χ3v) is 2.79. The number of hydrogen-bond acceptors (Lipinski definition) is 4. The van der Waals surface area contributed by atoms with E-state index in [1.54, 1.807) is 0 Å². The minimum Gasteiger partial charge on any atom is -0.339 e. The topological polar surface area (TPSA) is 64.9 Å². The Balaban J connectivity index is 2.21. The van der Waals surface area contributed by atoms with Crippen LogP contribution in [0, 0.1) is 0 Å². The van der Waals surface area contributed by atoms with Crippen LogP contribution < -0.4 is 5.73 Å². The normalized spacial score (nSPS) is 12.0. The Kier molecular flexibility index (Phi) is 5.62. The minimum atomic E-state index is -0.511. The van der Waals surface area contributed by atoms with E-state index in [0.717, 1.165) is 12.8 Å². The molecule has 0 radical (unpaired) electrons. The summed E-state index contributed by atoms with van der Waals surface area (Å²) in [6.45, 7) is 5.99. The number of nitrogens with two attached hydrogens (primary N) is 1. The number of nitrogens with zero attached hydrogens (tertiary/aromatic N) is 2. The van der Waals surface area contributed by atoms with Crippen molar-refractivity contribution >= 4 is 0 Å². The summed E-state index contributed by atoms with van der Waals surface area (Å²) in [5.74, 6) is 1.31. The fraction of sp³-hybridized carbons (Fsp3) is 0.846. The fourth-order valence-electron chi connectivity index (χ4n) is 1.67. The first-order valence-corrected chi connectivity index (χ1v) is 6.66. The average Bonchev–Trinajstić information content (AvgIpc) is 2.71. The molecule has 1 rings (SSSR count). The van der Waals surface area contributed by atoms with Crippen LogP contribution in [0.25, 0.3) is 0 Å². The second kappa shape index (κ2) is 6.74. The van der Waals surface area contributed by atoms with Crippen LogP contribution in [0.5, 0.6) is 0 Å². The lowest BCUT2D eigenvalue weighted by atomic mass is 10.1. The molecule has 0 saturated heterocycles. The first-order valence-electron chi connectivity index (χ1n) is 6.66. The summed E-state index contributed by atoms with van der Waals surface area (Å²) in [7, 11) is 0. The van der Waals surface area contributed by atoms with E-state index in [2.05, 4.69) is 17.1 Å². The lowest BCUT2D eigenvalue weighted by molar-refractivity contribution is 0.357. The maximum Gasteiger partial charge on any atom is 0.226 e. The Bertz CT molecular complexity index is 315. The van der Waals surface area contributed by atoms with Crippen molar-refractivity contribution < 1.29 is 4.52 Å². The highest BCUT2D eigenvalue weighted by Crippen LogP contribution is 2.14. The van der Waals surface area contributed by atoms with E-state index in [4.69, 9.17) is 10.3 Å². The summed E-state index contributed by atoms with van der Waals surface area (Å²) in [5.41, 5.74) is 5.38. The second-order valence-corrected chi connectivity index (χ2v) is 5.25. The highest BCUT2D eigenvalue weighted by Gasteiger charge is 2.21. The molecule has 0 amide bonds. The average molecular weight is 239 g/mol. The number of unbranched alkanes of at least 4 members (excludes halogenated alkanes) is 5. The Labute approximate surface area is 104 Å². The Morgan fingerprint density at radius 2 is 1.76 bits per heavy atom. The van der Waals surface area contributed by atoms with Crippen LogP contribution in [0.1, 0.15) is 71.0 Å². The van der Waals surface area contributed by atoms with E-state index < -0.39 is 5.54 Å². The first-order chi connectivity index (χ1) is 8.04. The molecule has 0 aliphatic carbocycles. The molecule has 0 aliphatic rings. The van der Waals surface area contributed by atoms with Gasteiger partial charge in [0.25, 0.3) is 0 Å². The summed E-state index contributed by atoms with van der Waals surface area (Å²) in [6.07, 6.45) is 8.50. The second-order valence-electron chi connectivity index (χ2n) is 5.25. The maximum absolute atomic E-state index is 5.89. The minimum absolute atomic E-state index is 0.511. The molecular weight excluding hydrogens is 214 g/mol. The van der Waals surface area contributed by atoms with Gasteiger partial charge in [0.1, 0.15) is 0 Å². The largest absolute Gasteiger partial charge is 0.339 e. The maximum atomic E-state index is 5.89. The zero-order valence-corrected chi connectivity index (χ0v) is 11.3. The zero-order chi connectivity index (χ0) is 12.7. The lowest BCUT2D eigenvalue weighted by Gasteiger charge is -2.11. The van der Waals surface area contributed by atoms with Gasteiger partial charge in [-0.2, -0.15) is 4.98 Å². The standard InChI is InChI=1S/C13H25N3O/c1-4-5-6-7-8-9-10-11-15-12(16-17-11)13(2,3)14/h4-10,14H2,1-3H3.